The van der Waals surface area contributed by atoms with Crippen LogP contribution in [0.25, 0.3) is 0 Å². The molecule has 2 fully saturated rings. The average Bonchev–Trinajstić information content (AvgIpc) is 3.07. The quantitative estimate of drug-likeness (QED) is 0.476. The van der Waals surface area contributed by atoms with Crippen molar-refractivity contribution < 1.29 is 32.3 Å². The van der Waals surface area contributed by atoms with Crippen LogP contribution in [0.4, 0.5) is 10.5 Å². The molecule has 3 rings (SSSR count). The van der Waals surface area contributed by atoms with Gasteiger partial charge < -0.3 is 19.1 Å². The van der Waals surface area contributed by atoms with Crippen LogP contribution in [-0.4, -0.2) is 81.2 Å². The number of hydrogen-bond acceptors (Lipinski definition) is 8. The van der Waals surface area contributed by atoms with Crippen molar-refractivity contribution in [2.75, 3.05) is 52.6 Å². The van der Waals surface area contributed by atoms with Gasteiger partial charge in [0.2, 0.25) is 10.0 Å². The van der Waals surface area contributed by atoms with Crippen LogP contribution < -0.4 is 4.74 Å². The summed E-state index contributed by atoms with van der Waals surface area (Å²) in [6.45, 7) is 1.91. The molecule has 0 aromatic heterocycles. The number of ether oxygens (including phenoxy) is 3. The number of cyclic esters (lactones) is 1. The van der Waals surface area contributed by atoms with Crippen LogP contribution in [0.5, 0.6) is 5.75 Å². The summed E-state index contributed by atoms with van der Waals surface area (Å²) in [5.41, 5.74) is -0.451. The van der Waals surface area contributed by atoms with E-state index in [2.05, 4.69) is 0 Å². The van der Waals surface area contributed by atoms with Crippen molar-refractivity contribution in [2.45, 2.75) is 4.90 Å². The van der Waals surface area contributed by atoms with Gasteiger partial charge in [-0.2, -0.15) is 4.31 Å². The Morgan fingerprint density at radius 2 is 1.93 bits per heavy atom. The van der Waals surface area contributed by atoms with Gasteiger partial charge in [0, 0.05) is 19.2 Å². The highest BCUT2D eigenvalue weighted by molar-refractivity contribution is 7.89. The van der Waals surface area contributed by atoms with Crippen molar-refractivity contribution in [2.24, 2.45) is 0 Å². The highest BCUT2D eigenvalue weighted by Gasteiger charge is 2.29. The van der Waals surface area contributed by atoms with E-state index in [1.807, 2.05) is 0 Å². The van der Waals surface area contributed by atoms with Gasteiger partial charge in [-0.3, -0.25) is 10.1 Å². The third-order valence-electron chi connectivity index (χ3n) is 4.20. The SMILES string of the molecule is O=C1OCCN1CCOc1ccc(S(=O)(=O)N2CCOCC2)cc1[N+](=O)[O-]. The van der Waals surface area contributed by atoms with E-state index in [0.29, 0.717) is 13.2 Å². The molecule has 2 saturated heterocycles. The van der Waals surface area contributed by atoms with E-state index in [-0.39, 0.29) is 50.1 Å². The third-order valence-corrected chi connectivity index (χ3v) is 6.09. The molecule has 12 heteroatoms. The molecule has 2 heterocycles. The molecule has 27 heavy (non-hydrogen) atoms. The minimum absolute atomic E-state index is 0.0193. The maximum Gasteiger partial charge on any atom is 0.410 e. The molecule has 2 aliphatic heterocycles. The lowest BCUT2D eigenvalue weighted by Crippen LogP contribution is -2.40. The zero-order valence-corrected chi connectivity index (χ0v) is 15.2. The number of benzene rings is 1. The number of nitro benzene ring substituents is 1. The summed E-state index contributed by atoms with van der Waals surface area (Å²) in [4.78, 5) is 23.3. The highest BCUT2D eigenvalue weighted by atomic mass is 32.2. The van der Waals surface area contributed by atoms with Crippen LogP contribution in [0.15, 0.2) is 23.1 Å². The van der Waals surface area contributed by atoms with Crippen molar-refractivity contribution in [1.82, 2.24) is 9.21 Å². The fourth-order valence-corrected chi connectivity index (χ4v) is 4.18. The lowest BCUT2D eigenvalue weighted by atomic mass is 10.3. The minimum atomic E-state index is -3.85. The number of morpholine rings is 1. The van der Waals surface area contributed by atoms with E-state index in [9.17, 15) is 23.3 Å². The summed E-state index contributed by atoms with van der Waals surface area (Å²) in [6, 6.07) is 3.52. The number of rotatable bonds is 7. The van der Waals surface area contributed by atoms with E-state index in [1.165, 1.54) is 21.3 Å². The molecule has 1 amide bonds. The first-order valence-corrected chi connectivity index (χ1v) is 9.74. The van der Waals surface area contributed by atoms with E-state index in [1.54, 1.807) is 0 Å². The second-order valence-corrected chi connectivity index (χ2v) is 7.79. The molecule has 0 radical (unpaired) electrons. The van der Waals surface area contributed by atoms with E-state index in [0.717, 1.165) is 6.07 Å². The van der Waals surface area contributed by atoms with Crippen molar-refractivity contribution in [3.63, 3.8) is 0 Å². The first kappa shape index (κ1) is 19.3. The van der Waals surface area contributed by atoms with E-state index >= 15 is 0 Å². The molecule has 0 spiro atoms. The van der Waals surface area contributed by atoms with Crippen LogP contribution in [0.1, 0.15) is 0 Å². The zero-order valence-electron chi connectivity index (χ0n) is 14.4. The number of nitrogens with zero attached hydrogens (tertiary/aromatic N) is 3. The Morgan fingerprint density at radius 3 is 2.56 bits per heavy atom. The fourth-order valence-electron chi connectivity index (χ4n) is 2.75. The summed E-state index contributed by atoms with van der Waals surface area (Å²) >= 11 is 0. The molecule has 1 aromatic rings. The first-order chi connectivity index (χ1) is 12.9. The number of nitro groups is 1. The van der Waals surface area contributed by atoms with Crippen molar-refractivity contribution in [3.8, 4) is 5.75 Å². The second kappa shape index (κ2) is 8.06. The smallest absolute Gasteiger partial charge is 0.410 e. The zero-order chi connectivity index (χ0) is 19.4. The largest absolute Gasteiger partial charge is 0.485 e. The standard InChI is InChI=1S/C15H19N3O8S/c19-15-16(4-10-26-15)3-9-25-14-2-1-12(11-13(14)18(20)21)27(22,23)17-5-7-24-8-6-17/h1-2,11H,3-10H2. The lowest BCUT2D eigenvalue weighted by Gasteiger charge is -2.26. The molecule has 0 aliphatic carbocycles. The molecule has 0 saturated carbocycles. The molecule has 0 unspecified atom stereocenters. The van der Waals surface area contributed by atoms with Crippen LogP contribution >= 0.6 is 0 Å². The van der Waals surface area contributed by atoms with Gasteiger partial charge >= 0.3 is 11.8 Å². The van der Waals surface area contributed by atoms with Gasteiger partial charge in [0.1, 0.15) is 13.2 Å². The van der Waals surface area contributed by atoms with Crippen molar-refractivity contribution in [3.05, 3.63) is 28.3 Å². The van der Waals surface area contributed by atoms with E-state index in [4.69, 9.17) is 14.2 Å². The predicted molar refractivity (Wildman–Crippen MR) is 91.1 cm³/mol. The van der Waals surface area contributed by atoms with Gasteiger partial charge in [-0.05, 0) is 12.1 Å². The topological polar surface area (TPSA) is 129 Å². The molecular formula is C15H19N3O8S. The summed E-state index contributed by atoms with van der Waals surface area (Å²) < 4.78 is 41.8. The number of amides is 1. The molecule has 0 N–H and O–H groups in total. The summed E-state index contributed by atoms with van der Waals surface area (Å²) in [5, 5.41) is 11.4. The second-order valence-electron chi connectivity index (χ2n) is 5.85. The maximum absolute atomic E-state index is 12.6. The normalized spacial score (nSPS) is 18.4. The molecule has 148 valence electrons. The van der Waals surface area contributed by atoms with Crippen molar-refractivity contribution >= 4 is 21.8 Å². The average molecular weight is 401 g/mol. The number of carbonyl (C=O) groups excluding carboxylic acids is 1. The Bertz CT molecular complexity index is 822. The molecule has 1 aromatic carbocycles. The Labute approximate surface area is 155 Å². The van der Waals surface area contributed by atoms with Gasteiger partial charge in [-0.15, -0.1) is 0 Å². The Hall–Kier alpha value is -2.44. The fraction of sp³-hybridized carbons (Fsp3) is 0.533. The van der Waals surface area contributed by atoms with Crippen LogP contribution in [0.3, 0.4) is 0 Å². The van der Waals surface area contributed by atoms with Gasteiger partial charge in [0.15, 0.2) is 5.75 Å². The summed E-state index contributed by atoms with van der Waals surface area (Å²) in [6.07, 6.45) is -0.458. The van der Waals surface area contributed by atoms with Gasteiger partial charge in [-0.25, -0.2) is 13.2 Å². The van der Waals surface area contributed by atoms with E-state index < -0.39 is 26.7 Å². The van der Waals surface area contributed by atoms with Gasteiger partial charge in [-0.1, -0.05) is 0 Å². The summed E-state index contributed by atoms with van der Waals surface area (Å²) in [5.74, 6) is -0.0616. The molecular weight excluding hydrogens is 382 g/mol. The maximum atomic E-state index is 12.6. The van der Waals surface area contributed by atoms with Crippen molar-refractivity contribution in [1.29, 1.82) is 0 Å². The molecule has 2 aliphatic rings. The van der Waals surface area contributed by atoms with Gasteiger partial charge in [0.05, 0.1) is 36.1 Å². The van der Waals surface area contributed by atoms with Crippen LogP contribution in [0.2, 0.25) is 0 Å². The monoisotopic (exact) mass is 401 g/mol. The molecule has 0 atom stereocenters. The Morgan fingerprint density at radius 1 is 1.19 bits per heavy atom. The number of carbonyl (C=O) groups is 1. The minimum Gasteiger partial charge on any atom is -0.485 e. The molecule has 0 bridgehead atoms. The summed E-state index contributed by atoms with van der Waals surface area (Å²) in [7, 11) is -3.85. The first-order valence-electron chi connectivity index (χ1n) is 8.30. The third kappa shape index (κ3) is 4.28. The lowest BCUT2D eigenvalue weighted by molar-refractivity contribution is -0.386. The predicted octanol–water partition coefficient (Wildman–Crippen LogP) is 0.447. The number of sulfonamides is 1. The molecule has 11 nitrogen and oxygen atoms in total. The highest BCUT2D eigenvalue weighted by Crippen LogP contribution is 2.31. The number of hydrogen-bond donors (Lipinski definition) is 0. The van der Waals surface area contributed by atoms with Crippen LogP contribution in [-0.2, 0) is 19.5 Å². The van der Waals surface area contributed by atoms with Gasteiger partial charge in [0.25, 0.3) is 0 Å². The van der Waals surface area contributed by atoms with Crippen LogP contribution in [0, 0.1) is 10.1 Å². The Kier molecular flexibility index (Phi) is 5.77. The Balaban J connectivity index is 1.74.